The lowest BCUT2D eigenvalue weighted by atomic mass is 9.99. The van der Waals surface area contributed by atoms with Crippen molar-refractivity contribution in [3.8, 4) is 11.1 Å². The van der Waals surface area contributed by atoms with E-state index in [4.69, 9.17) is 10.8 Å². The summed E-state index contributed by atoms with van der Waals surface area (Å²) >= 11 is 0. The van der Waals surface area contributed by atoms with Gasteiger partial charge in [0.2, 0.25) is 0 Å². The fourth-order valence-electron chi connectivity index (χ4n) is 1.90. The van der Waals surface area contributed by atoms with Crippen LogP contribution in [0.5, 0.6) is 0 Å². The van der Waals surface area contributed by atoms with Gasteiger partial charge in [-0.15, -0.1) is 0 Å². The van der Waals surface area contributed by atoms with Crippen molar-refractivity contribution in [2.45, 2.75) is 6.18 Å². The summed E-state index contributed by atoms with van der Waals surface area (Å²) in [6.07, 6.45) is -4.84. The molecule has 0 atom stereocenters. The largest absolute Gasteiger partial charge is 0.478 e. The molecule has 0 fully saturated rings. The molecule has 0 aliphatic carbocycles. The number of carboxylic acid groups (broad SMARTS) is 1. The van der Waals surface area contributed by atoms with E-state index in [9.17, 15) is 22.4 Å². The van der Waals surface area contributed by atoms with E-state index in [2.05, 4.69) is 0 Å². The molecule has 0 aromatic heterocycles. The van der Waals surface area contributed by atoms with Crippen molar-refractivity contribution < 1.29 is 27.5 Å². The smallest absolute Gasteiger partial charge is 0.419 e. The zero-order chi connectivity index (χ0) is 15.8. The number of aromatic carboxylic acids is 1. The highest BCUT2D eigenvalue weighted by Crippen LogP contribution is 2.36. The molecule has 0 saturated carbocycles. The summed E-state index contributed by atoms with van der Waals surface area (Å²) < 4.78 is 52.0. The minimum absolute atomic E-state index is 0.0155. The lowest BCUT2D eigenvalue weighted by molar-refractivity contribution is -0.139. The van der Waals surface area contributed by atoms with Crippen LogP contribution in [0.4, 0.5) is 23.2 Å². The Balaban J connectivity index is 2.65. The maximum Gasteiger partial charge on any atom is 0.419 e. The average molecular weight is 299 g/mol. The first-order valence-corrected chi connectivity index (χ1v) is 5.70. The van der Waals surface area contributed by atoms with Crippen molar-refractivity contribution in [2.75, 3.05) is 5.73 Å². The fraction of sp³-hybridized carbons (Fsp3) is 0.0714. The first-order valence-electron chi connectivity index (χ1n) is 5.70. The molecule has 0 aliphatic rings. The van der Waals surface area contributed by atoms with Crippen LogP contribution in [0, 0.1) is 5.82 Å². The second-order valence-electron chi connectivity index (χ2n) is 4.31. The molecule has 110 valence electrons. The van der Waals surface area contributed by atoms with Gasteiger partial charge in [0.15, 0.2) is 0 Å². The van der Waals surface area contributed by atoms with E-state index in [1.165, 1.54) is 6.07 Å². The normalized spacial score (nSPS) is 11.4. The zero-order valence-electron chi connectivity index (χ0n) is 10.4. The monoisotopic (exact) mass is 299 g/mol. The molecule has 3 nitrogen and oxygen atoms in total. The van der Waals surface area contributed by atoms with E-state index in [0.29, 0.717) is 6.07 Å². The van der Waals surface area contributed by atoms with Gasteiger partial charge < -0.3 is 10.8 Å². The highest BCUT2D eigenvalue weighted by Gasteiger charge is 2.35. The molecule has 2 aromatic carbocycles. The summed E-state index contributed by atoms with van der Waals surface area (Å²) in [5.41, 5.74) is 3.47. The van der Waals surface area contributed by atoms with Crippen LogP contribution in [-0.4, -0.2) is 11.1 Å². The summed E-state index contributed by atoms with van der Waals surface area (Å²) in [4.78, 5) is 10.9. The van der Waals surface area contributed by atoms with Gasteiger partial charge in [-0.2, -0.15) is 13.2 Å². The van der Waals surface area contributed by atoms with E-state index >= 15 is 0 Å². The van der Waals surface area contributed by atoms with Crippen molar-refractivity contribution in [1.82, 2.24) is 0 Å². The summed E-state index contributed by atoms with van der Waals surface area (Å²) in [6.45, 7) is 0. The number of alkyl halides is 3. The van der Waals surface area contributed by atoms with E-state index in [0.717, 1.165) is 24.3 Å². The third-order valence-corrected chi connectivity index (χ3v) is 2.82. The van der Waals surface area contributed by atoms with Crippen molar-refractivity contribution >= 4 is 11.7 Å². The molecule has 0 saturated heterocycles. The molecule has 2 aromatic rings. The number of carbonyl (C=O) groups is 1. The Morgan fingerprint density at radius 3 is 2.38 bits per heavy atom. The summed E-state index contributed by atoms with van der Waals surface area (Å²) in [7, 11) is 0. The second kappa shape index (κ2) is 5.08. The second-order valence-corrected chi connectivity index (χ2v) is 4.31. The van der Waals surface area contributed by atoms with Gasteiger partial charge in [0, 0.05) is 11.3 Å². The molecule has 0 bridgehead atoms. The van der Waals surface area contributed by atoms with Gasteiger partial charge in [0.25, 0.3) is 0 Å². The molecule has 21 heavy (non-hydrogen) atoms. The first kappa shape index (κ1) is 14.8. The Bertz CT molecular complexity index is 711. The van der Waals surface area contributed by atoms with Crippen molar-refractivity contribution in [3.05, 3.63) is 53.3 Å². The van der Waals surface area contributed by atoms with Gasteiger partial charge in [-0.1, -0.05) is 12.1 Å². The van der Waals surface area contributed by atoms with Gasteiger partial charge in [0.05, 0.1) is 11.1 Å². The average Bonchev–Trinajstić information content (AvgIpc) is 2.36. The summed E-state index contributed by atoms with van der Waals surface area (Å²) in [5, 5.41) is 8.90. The number of nitrogen functional groups attached to an aromatic ring is 1. The molecule has 3 N–H and O–H groups in total. The maximum atomic E-state index is 14.0. The van der Waals surface area contributed by atoms with Gasteiger partial charge >= 0.3 is 12.1 Å². The first-order chi connectivity index (χ1) is 9.70. The minimum atomic E-state index is -4.84. The van der Waals surface area contributed by atoms with Crippen LogP contribution in [0.1, 0.15) is 15.9 Å². The third kappa shape index (κ3) is 2.96. The van der Waals surface area contributed by atoms with Gasteiger partial charge in [-0.05, 0) is 29.8 Å². The van der Waals surface area contributed by atoms with Gasteiger partial charge in [-0.3, -0.25) is 0 Å². The molecule has 0 heterocycles. The zero-order valence-corrected chi connectivity index (χ0v) is 10.4. The van der Waals surface area contributed by atoms with E-state index < -0.39 is 23.5 Å². The Hall–Kier alpha value is -2.57. The predicted octanol–water partition coefficient (Wildman–Crippen LogP) is 3.79. The Labute approximate surface area is 116 Å². The number of hydrogen-bond donors (Lipinski definition) is 2. The predicted molar refractivity (Wildman–Crippen MR) is 68.2 cm³/mol. The quantitative estimate of drug-likeness (QED) is 0.655. The molecule has 7 heteroatoms. The van der Waals surface area contributed by atoms with Crippen molar-refractivity contribution in [1.29, 1.82) is 0 Å². The van der Waals surface area contributed by atoms with Gasteiger partial charge in [-0.25, -0.2) is 9.18 Å². The number of anilines is 1. The molecule has 0 unspecified atom stereocenters. The standard InChI is InChI=1S/C14H9F4NO2/c15-12-10(2-1-3-11(12)14(16,17)18)7-4-8(13(20)21)6-9(19)5-7/h1-6H,19H2,(H,20,21). The fourth-order valence-corrected chi connectivity index (χ4v) is 1.90. The lowest BCUT2D eigenvalue weighted by Crippen LogP contribution is -2.09. The number of hydrogen-bond acceptors (Lipinski definition) is 2. The number of rotatable bonds is 2. The van der Waals surface area contributed by atoms with E-state index in [-0.39, 0.29) is 22.4 Å². The van der Waals surface area contributed by atoms with Crippen LogP contribution in [0.2, 0.25) is 0 Å². The minimum Gasteiger partial charge on any atom is -0.478 e. The Morgan fingerprint density at radius 2 is 1.81 bits per heavy atom. The van der Waals surface area contributed by atoms with Crippen LogP contribution in [0.25, 0.3) is 11.1 Å². The highest BCUT2D eigenvalue weighted by atomic mass is 19.4. The SMILES string of the molecule is Nc1cc(C(=O)O)cc(-c2cccc(C(F)(F)F)c2F)c1. The van der Waals surface area contributed by atoms with Crippen molar-refractivity contribution in [2.24, 2.45) is 0 Å². The summed E-state index contributed by atoms with van der Waals surface area (Å²) in [5.74, 6) is -2.78. The van der Waals surface area contributed by atoms with E-state index in [1.807, 2.05) is 0 Å². The number of carboxylic acids is 1. The number of halogens is 4. The van der Waals surface area contributed by atoms with E-state index in [1.54, 1.807) is 0 Å². The Morgan fingerprint density at radius 1 is 1.14 bits per heavy atom. The van der Waals surface area contributed by atoms with Crippen LogP contribution >= 0.6 is 0 Å². The van der Waals surface area contributed by atoms with Crippen molar-refractivity contribution in [3.63, 3.8) is 0 Å². The topological polar surface area (TPSA) is 63.3 Å². The van der Waals surface area contributed by atoms with Crippen LogP contribution < -0.4 is 5.73 Å². The van der Waals surface area contributed by atoms with Crippen LogP contribution in [0.3, 0.4) is 0 Å². The summed E-state index contributed by atoms with van der Waals surface area (Å²) in [6, 6.07) is 6.21. The molecular weight excluding hydrogens is 290 g/mol. The molecule has 0 spiro atoms. The molecular formula is C14H9F4NO2. The number of benzene rings is 2. The third-order valence-electron chi connectivity index (χ3n) is 2.82. The molecule has 0 aliphatic heterocycles. The maximum absolute atomic E-state index is 14.0. The Kier molecular flexibility index (Phi) is 3.59. The lowest BCUT2D eigenvalue weighted by Gasteiger charge is -2.12. The highest BCUT2D eigenvalue weighted by molar-refractivity contribution is 5.91. The van der Waals surface area contributed by atoms with Crippen LogP contribution in [-0.2, 0) is 6.18 Å². The van der Waals surface area contributed by atoms with Crippen LogP contribution in [0.15, 0.2) is 36.4 Å². The van der Waals surface area contributed by atoms with Gasteiger partial charge in [0.1, 0.15) is 5.82 Å². The molecule has 0 radical (unpaired) electrons. The molecule has 0 amide bonds. The number of nitrogens with two attached hydrogens (primary N) is 1. The molecule has 2 rings (SSSR count).